The first-order chi connectivity index (χ1) is 30.5. The first-order valence-electron chi connectivity index (χ1n) is 21.1. The third-order valence-corrected chi connectivity index (χ3v) is 12.8. The van der Waals surface area contributed by atoms with Crippen molar-refractivity contribution in [2.45, 2.75) is 51.1 Å². The van der Waals surface area contributed by atoms with Gasteiger partial charge in [0.05, 0.1) is 30.8 Å². The van der Waals surface area contributed by atoms with Crippen LogP contribution in [0, 0.1) is 23.7 Å². The summed E-state index contributed by atoms with van der Waals surface area (Å²) < 4.78 is 50.7. The van der Waals surface area contributed by atoms with Crippen molar-refractivity contribution in [1.82, 2.24) is 39.0 Å². The minimum absolute atomic E-state index is 0.00530. The molecule has 14 heteroatoms. The van der Waals surface area contributed by atoms with E-state index in [1.807, 2.05) is 45.8 Å². The molecule has 11 nitrogen and oxygen atoms in total. The molecule has 2 fully saturated rings. The highest BCUT2D eigenvalue weighted by Gasteiger charge is 2.45. The van der Waals surface area contributed by atoms with Gasteiger partial charge in [-0.15, -0.1) is 0 Å². The van der Waals surface area contributed by atoms with Gasteiger partial charge in [-0.25, -0.2) is 9.97 Å². The topological polar surface area (TPSA) is 106 Å². The van der Waals surface area contributed by atoms with E-state index in [0.29, 0.717) is 35.8 Å². The zero-order valence-electron chi connectivity index (χ0n) is 35.0. The Morgan fingerprint density at radius 1 is 0.810 bits per heavy atom. The summed E-state index contributed by atoms with van der Waals surface area (Å²) in [6.45, 7) is 4.90. The van der Waals surface area contributed by atoms with Crippen molar-refractivity contribution in [2.75, 3.05) is 38.2 Å². The van der Waals surface area contributed by atoms with Crippen LogP contribution in [0.2, 0.25) is 0 Å². The second-order valence-corrected chi connectivity index (χ2v) is 17.0. The SMILES string of the molecule is COc1cc2c(cc1CN1CCC3(CCN(c4nc(C)nc5nn(CC(F)(F)F)cc45)C3)C1)cc(C#N)n2Cc1cnn(C(c2ccccc2)(c2ccccc2)c2ccccc2)c1. The van der Waals surface area contributed by atoms with E-state index in [9.17, 15) is 18.4 Å². The summed E-state index contributed by atoms with van der Waals surface area (Å²) in [6, 6.07) is 39.9. The minimum Gasteiger partial charge on any atom is -0.496 e. The molecule has 4 aromatic carbocycles. The van der Waals surface area contributed by atoms with Crippen molar-refractivity contribution in [3.05, 3.63) is 167 Å². The van der Waals surface area contributed by atoms with Gasteiger partial charge in [0.1, 0.15) is 41.2 Å². The van der Waals surface area contributed by atoms with Gasteiger partial charge in [0, 0.05) is 66.6 Å². The molecular weight excluding hydrogens is 802 g/mol. The summed E-state index contributed by atoms with van der Waals surface area (Å²) in [5.41, 5.74) is 6.17. The first kappa shape index (κ1) is 40.1. The minimum atomic E-state index is -4.39. The number of aromatic nitrogens is 7. The highest BCUT2D eigenvalue weighted by atomic mass is 19.4. The Bertz CT molecular complexity index is 2880. The highest BCUT2D eigenvalue weighted by Crippen LogP contribution is 2.44. The van der Waals surface area contributed by atoms with Gasteiger partial charge in [-0.2, -0.15) is 28.6 Å². The molecule has 1 unspecified atom stereocenters. The summed E-state index contributed by atoms with van der Waals surface area (Å²) in [5, 5.41) is 21.1. The standard InChI is InChI=1S/C49H45F3N10O/c1-34-55-45-42(30-60(57-45)33-48(50,51)52)46(56-34)59-21-19-47(32-59)18-20-58(31-47)29-37-22-36-23-41(25-53)61(43(36)24-44(37)63-2)27-35-26-54-62(28-35)49(38-12-6-3-7-13-38,39-14-8-4-9-15-39)40-16-10-5-11-17-40/h3-17,22-24,26,28,30H,18-21,27,29,31-33H2,1-2H3. The Kier molecular flexibility index (Phi) is 10.0. The zero-order chi connectivity index (χ0) is 43.3. The van der Waals surface area contributed by atoms with Gasteiger partial charge in [-0.3, -0.25) is 14.3 Å². The number of hydrogen-bond donors (Lipinski definition) is 0. The van der Waals surface area contributed by atoms with Crippen molar-refractivity contribution in [2.24, 2.45) is 5.41 Å². The van der Waals surface area contributed by atoms with Gasteiger partial charge in [0.15, 0.2) is 5.65 Å². The van der Waals surface area contributed by atoms with E-state index < -0.39 is 18.3 Å². The Balaban J connectivity index is 0.912. The Morgan fingerprint density at radius 2 is 1.48 bits per heavy atom. The summed E-state index contributed by atoms with van der Waals surface area (Å²) in [7, 11) is 1.69. The lowest BCUT2D eigenvalue weighted by Gasteiger charge is -2.36. The molecular formula is C49H45F3N10O. The molecule has 8 aromatic rings. The smallest absolute Gasteiger partial charge is 0.408 e. The van der Waals surface area contributed by atoms with Gasteiger partial charge >= 0.3 is 6.18 Å². The third-order valence-electron chi connectivity index (χ3n) is 12.8. The van der Waals surface area contributed by atoms with Gasteiger partial charge < -0.3 is 14.2 Å². The first-order valence-corrected chi connectivity index (χ1v) is 21.1. The fourth-order valence-electron chi connectivity index (χ4n) is 10.1. The number of hydrogen-bond acceptors (Lipinski definition) is 8. The molecule has 1 spiro atoms. The van der Waals surface area contributed by atoms with Crippen LogP contribution in [0.25, 0.3) is 21.9 Å². The third kappa shape index (κ3) is 7.35. The van der Waals surface area contributed by atoms with Gasteiger partial charge in [-0.05, 0) is 55.1 Å². The number of nitrogens with zero attached hydrogens (tertiary/aromatic N) is 10. The molecule has 0 amide bonds. The molecule has 4 aromatic heterocycles. The molecule has 2 saturated heterocycles. The van der Waals surface area contributed by atoms with Crippen molar-refractivity contribution in [3.8, 4) is 11.8 Å². The van der Waals surface area contributed by atoms with Gasteiger partial charge in [-0.1, -0.05) is 91.0 Å². The molecule has 0 N–H and O–H groups in total. The summed E-state index contributed by atoms with van der Waals surface area (Å²) in [6.07, 6.45) is 2.93. The van der Waals surface area contributed by atoms with E-state index in [-0.39, 0.29) is 11.1 Å². The Hall–Kier alpha value is -6.98. The predicted octanol–water partition coefficient (Wildman–Crippen LogP) is 8.72. The van der Waals surface area contributed by atoms with Crippen LogP contribution in [0.1, 0.15) is 52.2 Å². The van der Waals surface area contributed by atoms with Crippen molar-refractivity contribution < 1.29 is 17.9 Å². The molecule has 0 bridgehead atoms. The van der Waals surface area contributed by atoms with E-state index in [1.54, 1.807) is 14.0 Å². The molecule has 0 saturated carbocycles. The number of nitriles is 1. The Morgan fingerprint density at radius 3 is 2.11 bits per heavy atom. The largest absolute Gasteiger partial charge is 0.496 e. The lowest BCUT2D eigenvalue weighted by molar-refractivity contribution is -0.142. The van der Waals surface area contributed by atoms with E-state index >= 15 is 0 Å². The van der Waals surface area contributed by atoms with E-state index in [2.05, 4.69) is 111 Å². The number of anilines is 1. The van der Waals surface area contributed by atoms with Crippen LogP contribution in [-0.2, 0) is 25.2 Å². The fraction of sp³-hybridized carbons (Fsp3) is 0.286. The number of rotatable bonds is 11. The van der Waals surface area contributed by atoms with Gasteiger partial charge in [0.2, 0.25) is 0 Å². The van der Waals surface area contributed by atoms with Gasteiger partial charge in [0.25, 0.3) is 0 Å². The second-order valence-electron chi connectivity index (χ2n) is 17.0. The lowest BCUT2D eigenvalue weighted by Crippen LogP contribution is -2.38. The average molecular weight is 847 g/mol. The normalized spacial score (nSPS) is 17.0. The van der Waals surface area contributed by atoms with E-state index in [0.717, 1.165) is 88.2 Å². The number of aryl methyl sites for hydroxylation is 1. The van der Waals surface area contributed by atoms with E-state index in [1.165, 1.54) is 6.20 Å². The molecule has 6 heterocycles. The highest BCUT2D eigenvalue weighted by molar-refractivity contribution is 5.87. The number of fused-ring (bicyclic) bond motifs is 2. The second kappa shape index (κ2) is 15.7. The van der Waals surface area contributed by atoms with Crippen LogP contribution in [0.3, 0.4) is 0 Å². The maximum atomic E-state index is 13.2. The number of halogens is 3. The Labute approximate surface area is 362 Å². The molecule has 2 aliphatic heterocycles. The van der Waals surface area contributed by atoms with E-state index in [4.69, 9.17) is 14.8 Å². The number of ether oxygens (including phenoxy) is 1. The van der Waals surface area contributed by atoms with Crippen LogP contribution in [0.4, 0.5) is 19.0 Å². The van der Waals surface area contributed by atoms with Crippen molar-refractivity contribution in [1.29, 1.82) is 5.26 Å². The van der Waals surface area contributed by atoms with Crippen molar-refractivity contribution >= 4 is 27.8 Å². The molecule has 10 rings (SSSR count). The van der Waals surface area contributed by atoms with Crippen LogP contribution in [0.5, 0.6) is 5.75 Å². The van der Waals surface area contributed by atoms with Crippen LogP contribution < -0.4 is 9.64 Å². The number of likely N-dealkylation sites (tertiary alicyclic amines) is 1. The lowest BCUT2D eigenvalue weighted by atomic mass is 9.77. The van der Waals surface area contributed by atoms with Crippen LogP contribution in [0.15, 0.2) is 128 Å². The van der Waals surface area contributed by atoms with Crippen molar-refractivity contribution in [3.63, 3.8) is 0 Å². The zero-order valence-corrected chi connectivity index (χ0v) is 35.0. The molecule has 318 valence electrons. The molecule has 1 atom stereocenters. The quantitative estimate of drug-likeness (QED) is 0.119. The molecule has 0 radical (unpaired) electrons. The number of alkyl halides is 3. The summed E-state index contributed by atoms with van der Waals surface area (Å²) in [4.78, 5) is 13.7. The maximum absolute atomic E-state index is 13.2. The predicted molar refractivity (Wildman–Crippen MR) is 234 cm³/mol. The van der Waals surface area contributed by atoms with Crippen LogP contribution >= 0.6 is 0 Å². The molecule has 2 aliphatic rings. The monoisotopic (exact) mass is 846 g/mol. The number of benzene rings is 4. The number of methoxy groups -OCH3 is 1. The summed E-state index contributed by atoms with van der Waals surface area (Å²) in [5.74, 6) is 1.87. The molecule has 63 heavy (non-hydrogen) atoms. The average Bonchev–Trinajstić information content (AvgIpc) is 4.14. The fourth-order valence-corrected chi connectivity index (χ4v) is 10.1. The molecule has 0 aliphatic carbocycles. The summed E-state index contributed by atoms with van der Waals surface area (Å²) >= 11 is 0. The van der Waals surface area contributed by atoms with Crippen LogP contribution in [-0.4, -0.2) is 78.5 Å². The maximum Gasteiger partial charge on any atom is 0.408 e.